The van der Waals surface area contributed by atoms with Crippen LogP contribution in [0.4, 0.5) is 0 Å². The van der Waals surface area contributed by atoms with E-state index in [0.29, 0.717) is 51.6 Å². The lowest BCUT2D eigenvalue weighted by molar-refractivity contribution is 0.311. The van der Waals surface area contributed by atoms with Crippen LogP contribution in [-0.4, -0.2) is 33.6 Å². The Morgan fingerprint density at radius 1 is 0.939 bits per heavy atom. The zero-order chi connectivity index (χ0) is 22.8. The molecule has 3 aromatic carbocycles. The van der Waals surface area contributed by atoms with E-state index in [1.807, 2.05) is 61.5 Å². The molecular weight excluding hydrogens is 420 g/mol. The molecule has 0 atom stereocenters. The van der Waals surface area contributed by atoms with E-state index in [-0.39, 0.29) is 11.4 Å². The third kappa shape index (κ3) is 3.71. The minimum Gasteiger partial charge on any atom is -0.493 e. The second kappa shape index (κ2) is 8.58. The average Bonchev–Trinajstić information content (AvgIpc) is 3.35. The number of methoxy groups -OCH3 is 1. The van der Waals surface area contributed by atoms with Gasteiger partial charge in [-0.2, -0.15) is 14.8 Å². The maximum atomic E-state index is 13.1. The van der Waals surface area contributed by atoms with E-state index in [1.54, 1.807) is 25.3 Å². The molecule has 0 amide bonds. The van der Waals surface area contributed by atoms with Crippen LogP contribution in [-0.2, 0) is 0 Å². The topological polar surface area (TPSA) is 92.3 Å². The van der Waals surface area contributed by atoms with Crippen LogP contribution in [0.5, 0.6) is 11.5 Å². The minimum absolute atomic E-state index is 0.207. The van der Waals surface area contributed by atoms with Crippen molar-refractivity contribution < 1.29 is 14.0 Å². The molecule has 5 rings (SSSR count). The number of benzene rings is 3. The van der Waals surface area contributed by atoms with Crippen LogP contribution in [0.15, 0.2) is 82.1 Å². The molecule has 8 nitrogen and oxygen atoms in total. The van der Waals surface area contributed by atoms with Gasteiger partial charge in [-0.1, -0.05) is 41.6 Å². The van der Waals surface area contributed by atoms with Gasteiger partial charge in [0.05, 0.1) is 24.8 Å². The van der Waals surface area contributed by atoms with Crippen molar-refractivity contribution >= 4 is 10.8 Å². The molecule has 0 fully saturated rings. The fourth-order valence-electron chi connectivity index (χ4n) is 3.61. The Balaban J connectivity index is 1.64. The van der Waals surface area contributed by atoms with Gasteiger partial charge in [0.15, 0.2) is 17.2 Å². The fraction of sp³-hybridized carbons (Fsp3) is 0.120. The van der Waals surface area contributed by atoms with Crippen molar-refractivity contribution in [3.8, 4) is 40.2 Å². The summed E-state index contributed by atoms with van der Waals surface area (Å²) >= 11 is 0. The first kappa shape index (κ1) is 20.4. The molecule has 0 saturated carbocycles. The third-order valence-corrected chi connectivity index (χ3v) is 5.16. The number of aromatic nitrogens is 4. The first-order valence-corrected chi connectivity index (χ1v) is 10.4. The first-order chi connectivity index (χ1) is 16.2. The van der Waals surface area contributed by atoms with Crippen molar-refractivity contribution in [2.75, 3.05) is 13.7 Å². The maximum absolute atomic E-state index is 13.1. The normalized spacial score (nSPS) is 11.0. The second-order valence-electron chi connectivity index (χ2n) is 7.17. The van der Waals surface area contributed by atoms with Gasteiger partial charge in [0.25, 0.3) is 11.4 Å². The highest BCUT2D eigenvalue weighted by atomic mass is 16.5. The first-order valence-electron chi connectivity index (χ1n) is 10.4. The molecule has 0 bridgehead atoms. The van der Waals surface area contributed by atoms with Gasteiger partial charge in [0.1, 0.15) is 0 Å². The number of fused-ring (bicyclic) bond motifs is 1. The number of hydrogen-bond donors (Lipinski definition) is 0. The summed E-state index contributed by atoms with van der Waals surface area (Å²) in [5, 5.41) is 9.86. The van der Waals surface area contributed by atoms with Crippen LogP contribution < -0.4 is 15.0 Å². The van der Waals surface area contributed by atoms with Crippen LogP contribution in [0.2, 0.25) is 0 Å². The molecule has 0 aliphatic rings. The maximum Gasteiger partial charge on any atom is 0.279 e. The molecular formula is C25H20N4O4. The molecule has 0 radical (unpaired) electrons. The van der Waals surface area contributed by atoms with Crippen molar-refractivity contribution in [2.45, 2.75) is 6.92 Å². The van der Waals surface area contributed by atoms with E-state index < -0.39 is 0 Å². The molecule has 0 N–H and O–H groups in total. The predicted molar refractivity (Wildman–Crippen MR) is 124 cm³/mol. The van der Waals surface area contributed by atoms with Gasteiger partial charge in [-0.05, 0) is 43.3 Å². The SMILES string of the molecule is CCOc1ccc(-c2noc(-c3nn(-c4ccccc4)c(=O)c4ccccc34)n2)cc1OC. The lowest BCUT2D eigenvalue weighted by Gasteiger charge is -2.09. The van der Waals surface area contributed by atoms with E-state index in [0.717, 1.165) is 0 Å². The van der Waals surface area contributed by atoms with Crippen LogP contribution in [0.1, 0.15) is 6.92 Å². The van der Waals surface area contributed by atoms with Gasteiger partial charge in [0, 0.05) is 10.9 Å². The zero-order valence-corrected chi connectivity index (χ0v) is 18.1. The molecule has 0 saturated heterocycles. The summed E-state index contributed by atoms with van der Waals surface area (Å²) < 4.78 is 17.9. The summed E-state index contributed by atoms with van der Waals surface area (Å²) in [4.78, 5) is 17.7. The Hall–Kier alpha value is -4.46. The Morgan fingerprint density at radius 3 is 2.45 bits per heavy atom. The summed E-state index contributed by atoms with van der Waals surface area (Å²) in [5.41, 5.74) is 1.54. The van der Waals surface area contributed by atoms with Crippen LogP contribution in [0.25, 0.3) is 39.4 Å². The molecule has 33 heavy (non-hydrogen) atoms. The molecule has 2 heterocycles. The van der Waals surface area contributed by atoms with Gasteiger partial charge >= 0.3 is 0 Å². The highest BCUT2D eigenvalue weighted by Gasteiger charge is 2.19. The summed E-state index contributed by atoms with van der Waals surface area (Å²) in [5.74, 6) is 1.78. The Morgan fingerprint density at radius 2 is 1.70 bits per heavy atom. The Bertz CT molecular complexity index is 1490. The Labute approximate surface area is 189 Å². The largest absolute Gasteiger partial charge is 0.493 e. The number of ether oxygens (including phenoxy) is 2. The van der Waals surface area contributed by atoms with E-state index in [4.69, 9.17) is 14.0 Å². The molecule has 0 unspecified atom stereocenters. The predicted octanol–water partition coefficient (Wildman–Crippen LogP) is 4.51. The molecule has 0 aliphatic carbocycles. The molecule has 164 valence electrons. The molecule has 0 spiro atoms. The van der Waals surface area contributed by atoms with Crippen molar-refractivity contribution in [2.24, 2.45) is 0 Å². The smallest absolute Gasteiger partial charge is 0.279 e. The summed E-state index contributed by atoms with van der Waals surface area (Å²) in [6.07, 6.45) is 0. The summed E-state index contributed by atoms with van der Waals surface area (Å²) in [7, 11) is 1.58. The van der Waals surface area contributed by atoms with Gasteiger partial charge < -0.3 is 14.0 Å². The van der Waals surface area contributed by atoms with Gasteiger partial charge in [-0.3, -0.25) is 4.79 Å². The molecule has 5 aromatic rings. The Kier molecular flexibility index (Phi) is 5.32. The lowest BCUT2D eigenvalue weighted by Crippen LogP contribution is -2.22. The third-order valence-electron chi connectivity index (χ3n) is 5.16. The van der Waals surface area contributed by atoms with Crippen LogP contribution >= 0.6 is 0 Å². The quantitative estimate of drug-likeness (QED) is 0.384. The van der Waals surface area contributed by atoms with Gasteiger partial charge in [0.2, 0.25) is 5.82 Å². The second-order valence-corrected chi connectivity index (χ2v) is 7.17. The number of rotatable bonds is 6. The standard InChI is InChI=1S/C25H20N4O4/c1-3-32-20-14-13-16(15-21(20)31-2)23-26-24(33-28-23)22-18-11-7-8-12-19(18)25(30)29(27-22)17-9-5-4-6-10-17/h4-15H,3H2,1-2H3. The zero-order valence-electron chi connectivity index (χ0n) is 18.1. The minimum atomic E-state index is -0.225. The van der Waals surface area contributed by atoms with Crippen molar-refractivity contribution in [1.82, 2.24) is 19.9 Å². The van der Waals surface area contributed by atoms with E-state index in [1.165, 1.54) is 4.68 Å². The van der Waals surface area contributed by atoms with E-state index in [9.17, 15) is 4.79 Å². The van der Waals surface area contributed by atoms with Gasteiger partial charge in [-0.15, -0.1) is 0 Å². The number of hydrogen-bond acceptors (Lipinski definition) is 7. The number of para-hydroxylation sites is 1. The molecule has 0 aliphatic heterocycles. The van der Waals surface area contributed by atoms with Gasteiger partial charge in [-0.25, -0.2) is 0 Å². The molecule has 2 aromatic heterocycles. The highest BCUT2D eigenvalue weighted by molar-refractivity contribution is 5.92. The number of nitrogens with zero attached hydrogens (tertiary/aromatic N) is 4. The summed E-state index contributed by atoms with van der Waals surface area (Å²) in [6.45, 7) is 2.43. The highest BCUT2D eigenvalue weighted by Crippen LogP contribution is 2.33. The lowest BCUT2D eigenvalue weighted by atomic mass is 10.1. The van der Waals surface area contributed by atoms with Crippen LogP contribution in [0, 0.1) is 0 Å². The monoisotopic (exact) mass is 440 g/mol. The van der Waals surface area contributed by atoms with Crippen molar-refractivity contribution in [3.63, 3.8) is 0 Å². The molecule has 8 heteroatoms. The fourth-order valence-corrected chi connectivity index (χ4v) is 3.61. The van der Waals surface area contributed by atoms with E-state index >= 15 is 0 Å². The van der Waals surface area contributed by atoms with Crippen molar-refractivity contribution in [1.29, 1.82) is 0 Å². The average molecular weight is 440 g/mol. The van der Waals surface area contributed by atoms with Crippen molar-refractivity contribution in [3.05, 3.63) is 83.2 Å². The summed E-state index contributed by atoms with van der Waals surface area (Å²) in [6, 6.07) is 21.9. The van der Waals surface area contributed by atoms with E-state index in [2.05, 4.69) is 15.2 Å². The van der Waals surface area contributed by atoms with Crippen LogP contribution in [0.3, 0.4) is 0 Å².